The molecule has 1 saturated heterocycles. The Labute approximate surface area is 200 Å². The number of nitrogens with zero attached hydrogens (tertiary/aromatic N) is 4. The fourth-order valence-electron chi connectivity index (χ4n) is 4.88. The summed E-state index contributed by atoms with van der Waals surface area (Å²) in [6, 6.07) is 6.13. The van der Waals surface area contributed by atoms with Gasteiger partial charge in [-0.15, -0.1) is 0 Å². The number of nitrogens with one attached hydrogen (secondary N) is 1. The van der Waals surface area contributed by atoms with Gasteiger partial charge in [-0.1, -0.05) is 0 Å². The summed E-state index contributed by atoms with van der Waals surface area (Å²) in [4.78, 5) is 12.6. The van der Waals surface area contributed by atoms with Crippen LogP contribution in [0.15, 0.2) is 29.0 Å². The van der Waals surface area contributed by atoms with Gasteiger partial charge < -0.3 is 25.1 Å². The minimum atomic E-state index is -0.832. The molecule has 0 saturated carbocycles. The van der Waals surface area contributed by atoms with Crippen molar-refractivity contribution in [3.05, 3.63) is 46.4 Å². The molecule has 34 heavy (non-hydrogen) atoms. The number of hydrogen-bond donors (Lipinski definition) is 2. The fraction of sp³-hybridized carbons (Fsp3) is 0.375. The number of imidazole rings is 1. The summed E-state index contributed by atoms with van der Waals surface area (Å²) in [5.74, 6) is 2.92. The highest BCUT2D eigenvalue weighted by Gasteiger charge is 2.23. The zero-order valence-corrected chi connectivity index (χ0v) is 19.4. The molecular formula is C24H25FN6O2S. The lowest BCUT2D eigenvalue weighted by Crippen LogP contribution is -2.28. The number of hydrogen-bond acceptors (Lipinski definition) is 8. The van der Waals surface area contributed by atoms with Crippen LogP contribution in [0.1, 0.15) is 30.7 Å². The third-order valence-corrected chi connectivity index (χ3v) is 7.36. The van der Waals surface area contributed by atoms with E-state index >= 15 is 0 Å². The summed E-state index contributed by atoms with van der Waals surface area (Å²) >= 11 is 1.64. The zero-order chi connectivity index (χ0) is 23.1. The lowest BCUT2D eigenvalue weighted by Gasteiger charge is -2.23. The van der Waals surface area contributed by atoms with Gasteiger partial charge in [-0.05, 0) is 83.9 Å². The minimum Gasteiger partial charge on any atom is -0.454 e. The zero-order valence-electron chi connectivity index (χ0n) is 18.6. The third kappa shape index (κ3) is 3.97. The van der Waals surface area contributed by atoms with Crippen molar-refractivity contribution in [2.45, 2.75) is 32.2 Å². The Kier molecular flexibility index (Phi) is 5.54. The number of nitrogens with two attached hydrogens (primary N) is 1. The second-order valence-electron chi connectivity index (χ2n) is 8.76. The monoisotopic (exact) mass is 480 g/mol. The average molecular weight is 481 g/mol. The van der Waals surface area contributed by atoms with Crippen LogP contribution in [0.5, 0.6) is 11.5 Å². The van der Waals surface area contributed by atoms with Crippen LogP contribution < -0.4 is 20.5 Å². The van der Waals surface area contributed by atoms with Gasteiger partial charge in [0, 0.05) is 13.0 Å². The maximum atomic E-state index is 14.1. The van der Waals surface area contributed by atoms with Crippen molar-refractivity contribution in [2.75, 3.05) is 25.6 Å². The summed E-state index contributed by atoms with van der Waals surface area (Å²) in [6.45, 7) is 2.98. The third-order valence-electron chi connectivity index (χ3n) is 6.67. The van der Waals surface area contributed by atoms with Crippen LogP contribution in [0.4, 0.5) is 10.2 Å². The predicted molar refractivity (Wildman–Crippen MR) is 129 cm³/mol. The lowest BCUT2D eigenvalue weighted by atomic mass is 9.94. The molecule has 0 radical (unpaired) electrons. The van der Waals surface area contributed by atoms with Gasteiger partial charge >= 0.3 is 6.08 Å². The molecule has 176 valence electrons. The van der Waals surface area contributed by atoms with Crippen molar-refractivity contribution < 1.29 is 13.9 Å². The van der Waals surface area contributed by atoms with Gasteiger partial charge in [-0.2, -0.15) is 25.7 Å². The molecule has 0 spiro atoms. The molecule has 2 aliphatic rings. The molecule has 0 aliphatic carbocycles. The highest BCUT2D eigenvalue weighted by Crippen LogP contribution is 2.40. The fourth-order valence-corrected chi connectivity index (χ4v) is 5.53. The van der Waals surface area contributed by atoms with Crippen LogP contribution in [-0.4, -0.2) is 39.4 Å². The molecule has 3 aromatic heterocycles. The van der Waals surface area contributed by atoms with E-state index < -0.39 is 6.08 Å². The van der Waals surface area contributed by atoms with Crippen molar-refractivity contribution in [2.24, 2.45) is 5.92 Å². The lowest BCUT2D eigenvalue weighted by molar-refractivity contribution is 0.174. The number of thiophene rings is 1. The Balaban J connectivity index is 1.42. The first kappa shape index (κ1) is 21.3. The number of halogens is 1. The number of rotatable bonds is 6. The molecule has 3 N–H and O–H groups in total. The highest BCUT2D eigenvalue weighted by molar-refractivity contribution is 7.08. The number of ether oxygens (including phenoxy) is 2. The average Bonchev–Trinajstić information content (AvgIpc) is 3.58. The number of benzene rings is 1. The Hall–Kier alpha value is -3.24. The molecule has 4 aromatic rings. The highest BCUT2D eigenvalue weighted by atomic mass is 32.1. The molecule has 10 heteroatoms. The number of nitrogen functional groups attached to an aromatic ring is 1. The largest absolute Gasteiger partial charge is 0.454 e. The molecule has 8 nitrogen and oxygen atoms in total. The Morgan fingerprint density at radius 3 is 2.76 bits per heavy atom. The first-order valence-electron chi connectivity index (χ1n) is 11.5. The SMILES string of the molecule is Nc1nc(F)nc2c1nc(Cc1cc3c(cc1-c1ccsc1)OCO3)n2CCC1CCNCC1. The van der Waals surface area contributed by atoms with E-state index in [4.69, 9.17) is 20.2 Å². The van der Waals surface area contributed by atoms with Crippen molar-refractivity contribution in [3.8, 4) is 22.6 Å². The predicted octanol–water partition coefficient (Wildman–Crippen LogP) is 3.99. The van der Waals surface area contributed by atoms with E-state index in [0.29, 0.717) is 30.0 Å². The van der Waals surface area contributed by atoms with Gasteiger partial charge in [0.05, 0.1) is 0 Å². The smallest absolute Gasteiger partial charge is 0.312 e. The van der Waals surface area contributed by atoms with Crippen LogP contribution in [0, 0.1) is 12.0 Å². The van der Waals surface area contributed by atoms with Crippen LogP contribution >= 0.6 is 11.3 Å². The van der Waals surface area contributed by atoms with E-state index in [2.05, 4.69) is 32.1 Å². The maximum Gasteiger partial charge on any atom is 0.312 e. The number of aryl methyl sites for hydroxylation is 1. The molecule has 1 fully saturated rings. The molecule has 2 aliphatic heterocycles. The second kappa shape index (κ2) is 8.84. The standard InChI is InChI=1S/C24H25FN6O2S/c25-24-29-22(26)21-23(30-24)31(7-3-14-1-5-27-6-2-14)20(28-21)10-16-9-18-19(33-13-32-18)11-17(16)15-4-8-34-12-15/h4,8-9,11-12,14,27H,1-3,5-7,10,13H2,(H2,26,29,30). The van der Waals surface area contributed by atoms with Crippen LogP contribution in [-0.2, 0) is 13.0 Å². The molecule has 0 atom stereocenters. The van der Waals surface area contributed by atoms with E-state index in [1.807, 2.05) is 16.7 Å². The molecule has 0 unspecified atom stereocenters. The minimum absolute atomic E-state index is 0.0631. The van der Waals surface area contributed by atoms with Gasteiger partial charge in [0.2, 0.25) is 6.79 Å². The quantitative estimate of drug-likeness (QED) is 0.403. The Morgan fingerprint density at radius 1 is 1.15 bits per heavy atom. The molecular weight excluding hydrogens is 455 g/mol. The summed E-state index contributed by atoms with van der Waals surface area (Å²) in [7, 11) is 0. The Bertz CT molecular complexity index is 1330. The van der Waals surface area contributed by atoms with Crippen molar-refractivity contribution >= 4 is 28.3 Å². The normalized spacial score (nSPS) is 15.9. The number of anilines is 1. The summed E-state index contributed by atoms with van der Waals surface area (Å²) < 4.78 is 27.4. The van der Waals surface area contributed by atoms with E-state index in [9.17, 15) is 4.39 Å². The van der Waals surface area contributed by atoms with Gasteiger partial charge in [0.25, 0.3) is 0 Å². The van der Waals surface area contributed by atoms with Crippen molar-refractivity contribution in [3.63, 3.8) is 0 Å². The first-order valence-corrected chi connectivity index (χ1v) is 12.4. The summed E-state index contributed by atoms with van der Waals surface area (Å²) in [5.41, 5.74) is 10.2. The second-order valence-corrected chi connectivity index (χ2v) is 9.54. The van der Waals surface area contributed by atoms with Crippen molar-refractivity contribution in [1.29, 1.82) is 0 Å². The topological polar surface area (TPSA) is 100 Å². The van der Waals surface area contributed by atoms with Crippen LogP contribution in [0.25, 0.3) is 22.3 Å². The van der Waals surface area contributed by atoms with Crippen LogP contribution in [0.2, 0.25) is 0 Å². The molecule has 1 aromatic carbocycles. The molecule has 0 amide bonds. The van der Waals surface area contributed by atoms with Gasteiger partial charge in [-0.25, -0.2) is 4.98 Å². The molecule has 6 rings (SSSR count). The van der Waals surface area contributed by atoms with E-state index in [1.54, 1.807) is 11.3 Å². The number of piperidine rings is 1. The van der Waals surface area contributed by atoms with Gasteiger partial charge in [0.1, 0.15) is 5.82 Å². The number of fused-ring (bicyclic) bond motifs is 2. The summed E-state index contributed by atoms with van der Waals surface area (Å²) in [6.07, 6.45) is 2.94. The van der Waals surface area contributed by atoms with E-state index in [0.717, 1.165) is 66.4 Å². The molecule has 5 heterocycles. The van der Waals surface area contributed by atoms with Gasteiger partial charge in [0.15, 0.2) is 28.5 Å². The summed E-state index contributed by atoms with van der Waals surface area (Å²) in [5, 5.41) is 7.57. The first-order chi connectivity index (χ1) is 16.7. The Morgan fingerprint density at radius 2 is 1.97 bits per heavy atom. The van der Waals surface area contributed by atoms with E-state index in [-0.39, 0.29) is 12.6 Å². The maximum absolute atomic E-state index is 14.1. The molecule has 0 bridgehead atoms. The van der Waals surface area contributed by atoms with Crippen LogP contribution in [0.3, 0.4) is 0 Å². The van der Waals surface area contributed by atoms with Crippen molar-refractivity contribution in [1.82, 2.24) is 24.8 Å². The van der Waals surface area contributed by atoms with Gasteiger partial charge in [-0.3, -0.25) is 0 Å². The number of aromatic nitrogens is 4. The van der Waals surface area contributed by atoms with E-state index in [1.165, 1.54) is 0 Å².